The molecule has 0 saturated carbocycles. The predicted molar refractivity (Wildman–Crippen MR) is 100 cm³/mol. The van der Waals surface area contributed by atoms with Crippen molar-refractivity contribution in [3.63, 3.8) is 0 Å². The van der Waals surface area contributed by atoms with Crippen molar-refractivity contribution < 1.29 is 8.42 Å². The van der Waals surface area contributed by atoms with Gasteiger partial charge < -0.3 is 5.32 Å². The molecule has 1 heterocycles. The summed E-state index contributed by atoms with van der Waals surface area (Å²) in [7, 11) is -3.39. The Morgan fingerprint density at radius 1 is 1.12 bits per heavy atom. The highest BCUT2D eigenvalue weighted by Crippen LogP contribution is 2.28. The maximum atomic E-state index is 13.2. The zero-order chi connectivity index (χ0) is 16.3. The molecule has 136 valence electrons. The molecule has 1 aliphatic carbocycles. The molecule has 0 unspecified atom stereocenters. The first-order valence-corrected chi connectivity index (χ1v) is 10.4. The molecule has 0 spiro atoms. The molecule has 0 atom stereocenters. The van der Waals surface area contributed by atoms with Gasteiger partial charge in [-0.15, -0.1) is 12.4 Å². The van der Waals surface area contributed by atoms with Crippen molar-refractivity contribution in [2.45, 2.75) is 62.8 Å². The summed E-state index contributed by atoms with van der Waals surface area (Å²) in [5, 5.41) is 3.32. The molecule has 1 aromatic rings. The van der Waals surface area contributed by atoms with Crippen molar-refractivity contribution in [3.8, 4) is 0 Å². The van der Waals surface area contributed by atoms with Gasteiger partial charge in [-0.25, -0.2) is 8.42 Å². The lowest BCUT2D eigenvalue weighted by Gasteiger charge is -2.33. The van der Waals surface area contributed by atoms with Gasteiger partial charge in [0.25, 0.3) is 0 Å². The molecule has 0 bridgehead atoms. The quantitative estimate of drug-likeness (QED) is 0.863. The average molecular weight is 373 g/mol. The molecular formula is C18H29ClN2O2S. The van der Waals surface area contributed by atoms with Gasteiger partial charge in [-0.3, -0.25) is 0 Å². The normalized spacial score (nSPS) is 18.9. The Morgan fingerprint density at radius 3 is 2.46 bits per heavy atom. The van der Waals surface area contributed by atoms with Crippen LogP contribution in [0.3, 0.4) is 0 Å². The van der Waals surface area contributed by atoms with Crippen LogP contribution >= 0.6 is 12.4 Å². The van der Waals surface area contributed by atoms with Crippen molar-refractivity contribution in [3.05, 3.63) is 29.3 Å². The number of fused-ring (bicyclic) bond motifs is 1. The van der Waals surface area contributed by atoms with E-state index in [1.807, 2.05) is 18.2 Å². The summed E-state index contributed by atoms with van der Waals surface area (Å²) in [5.74, 6) is 0. The number of hydrogen-bond acceptors (Lipinski definition) is 3. The number of nitrogens with zero attached hydrogens (tertiary/aromatic N) is 1. The summed E-state index contributed by atoms with van der Waals surface area (Å²) >= 11 is 0. The van der Waals surface area contributed by atoms with Crippen molar-refractivity contribution in [2.24, 2.45) is 0 Å². The Labute approximate surface area is 152 Å². The van der Waals surface area contributed by atoms with Gasteiger partial charge in [-0.05, 0) is 81.3 Å². The summed E-state index contributed by atoms with van der Waals surface area (Å²) in [6.45, 7) is 4.48. The van der Waals surface area contributed by atoms with Crippen LogP contribution in [0.1, 0.15) is 50.2 Å². The summed E-state index contributed by atoms with van der Waals surface area (Å²) in [6, 6.07) is 5.93. The lowest BCUT2D eigenvalue weighted by molar-refractivity contribution is 0.262. The fourth-order valence-corrected chi connectivity index (χ4v) is 5.65. The van der Waals surface area contributed by atoms with E-state index in [0.29, 0.717) is 11.4 Å². The van der Waals surface area contributed by atoms with Gasteiger partial charge in [-0.1, -0.05) is 13.0 Å². The summed E-state index contributed by atoms with van der Waals surface area (Å²) in [5.41, 5.74) is 2.57. The minimum atomic E-state index is -3.39. The number of aryl methyl sites for hydroxylation is 2. The lowest BCUT2D eigenvalue weighted by atomic mass is 9.92. The zero-order valence-electron chi connectivity index (χ0n) is 14.5. The number of sulfonamides is 1. The Morgan fingerprint density at radius 2 is 1.79 bits per heavy atom. The number of hydrogen-bond donors (Lipinski definition) is 1. The Balaban J connectivity index is 0.00000208. The maximum Gasteiger partial charge on any atom is 0.243 e. The van der Waals surface area contributed by atoms with Crippen LogP contribution in [0.4, 0.5) is 0 Å². The molecule has 4 nitrogen and oxygen atoms in total. The molecule has 0 amide bonds. The van der Waals surface area contributed by atoms with Crippen molar-refractivity contribution in [2.75, 3.05) is 19.6 Å². The maximum absolute atomic E-state index is 13.2. The molecule has 1 saturated heterocycles. The second-order valence-electron chi connectivity index (χ2n) is 6.73. The first-order valence-electron chi connectivity index (χ1n) is 8.97. The smallest absolute Gasteiger partial charge is 0.243 e. The van der Waals surface area contributed by atoms with Crippen LogP contribution in [-0.4, -0.2) is 38.4 Å². The molecule has 24 heavy (non-hydrogen) atoms. The molecule has 1 aromatic carbocycles. The van der Waals surface area contributed by atoms with Gasteiger partial charge in [0, 0.05) is 12.6 Å². The molecule has 1 fully saturated rings. The number of benzene rings is 1. The van der Waals surface area contributed by atoms with E-state index >= 15 is 0 Å². The van der Waals surface area contributed by atoms with Gasteiger partial charge in [0.1, 0.15) is 0 Å². The third kappa shape index (κ3) is 4.13. The Kier molecular flexibility index (Phi) is 7.10. The second kappa shape index (κ2) is 8.65. The third-order valence-electron chi connectivity index (χ3n) is 5.09. The van der Waals surface area contributed by atoms with E-state index in [0.717, 1.165) is 45.2 Å². The number of piperidine rings is 1. The molecule has 3 rings (SSSR count). The topological polar surface area (TPSA) is 49.4 Å². The largest absolute Gasteiger partial charge is 0.317 e. The standard InChI is InChI=1S/C18H28N2O2S.ClH/c1-2-13-20(17-9-11-19-12-10-17)23(21,22)18-8-7-15-5-3-4-6-16(15)14-18;/h7-8,14,17,19H,2-6,9-13H2,1H3;1H. The van der Waals surface area contributed by atoms with Crippen molar-refractivity contribution >= 4 is 22.4 Å². The average Bonchev–Trinajstić information content (AvgIpc) is 2.60. The van der Waals surface area contributed by atoms with Gasteiger partial charge in [0.2, 0.25) is 10.0 Å². The number of nitrogens with one attached hydrogen (secondary N) is 1. The van der Waals surface area contributed by atoms with E-state index in [4.69, 9.17) is 0 Å². The molecular weight excluding hydrogens is 344 g/mol. The monoisotopic (exact) mass is 372 g/mol. The SMILES string of the molecule is CCCN(C1CCNCC1)S(=O)(=O)c1ccc2c(c1)CCCC2.Cl. The minimum absolute atomic E-state index is 0. The van der Waals surface area contributed by atoms with E-state index < -0.39 is 10.0 Å². The molecule has 1 N–H and O–H groups in total. The van der Waals surface area contributed by atoms with Gasteiger partial charge in [-0.2, -0.15) is 4.31 Å². The second-order valence-corrected chi connectivity index (χ2v) is 8.63. The van der Waals surface area contributed by atoms with Crippen LogP contribution in [0.2, 0.25) is 0 Å². The summed E-state index contributed by atoms with van der Waals surface area (Å²) in [6.07, 6.45) is 7.16. The zero-order valence-corrected chi connectivity index (χ0v) is 16.1. The van der Waals surface area contributed by atoms with Crippen LogP contribution < -0.4 is 5.32 Å². The minimum Gasteiger partial charge on any atom is -0.317 e. The van der Waals surface area contributed by atoms with Crippen molar-refractivity contribution in [1.29, 1.82) is 0 Å². The molecule has 1 aliphatic heterocycles. The van der Waals surface area contributed by atoms with Crippen LogP contribution in [0.15, 0.2) is 23.1 Å². The number of halogens is 1. The molecule has 2 aliphatic rings. The fraction of sp³-hybridized carbons (Fsp3) is 0.667. The van der Waals surface area contributed by atoms with Crippen molar-refractivity contribution in [1.82, 2.24) is 9.62 Å². The molecule has 0 radical (unpaired) electrons. The number of rotatable bonds is 5. The highest BCUT2D eigenvalue weighted by molar-refractivity contribution is 7.89. The Bertz CT molecular complexity index is 642. The summed E-state index contributed by atoms with van der Waals surface area (Å²) in [4.78, 5) is 0.491. The summed E-state index contributed by atoms with van der Waals surface area (Å²) < 4.78 is 28.2. The van der Waals surface area contributed by atoms with E-state index in [1.54, 1.807) is 4.31 Å². The van der Waals surface area contributed by atoms with Gasteiger partial charge >= 0.3 is 0 Å². The highest BCUT2D eigenvalue weighted by atomic mass is 35.5. The van der Waals surface area contributed by atoms with E-state index in [2.05, 4.69) is 12.2 Å². The lowest BCUT2D eigenvalue weighted by Crippen LogP contribution is -2.46. The van der Waals surface area contributed by atoms with Crippen LogP contribution in [-0.2, 0) is 22.9 Å². The Hall–Kier alpha value is -0.620. The van der Waals surface area contributed by atoms with E-state index in [9.17, 15) is 8.42 Å². The van der Waals surface area contributed by atoms with Gasteiger partial charge in [0.15, 0.2) is 0 Å². The molecule has 6 heteroatoms. The van der Waals surface area contributed by atoms with Gasteiger partial charge in [0.05, 0.1) is 4.90 Å². The van der Waals surface area contributed by atoms with Crippen LogP contribution in [0, 0.1) is 0 Å². The van der Waals surface area contributed by atoms with Crippen LogP contribution in [0.5, 0.6) is 0 Å². The van der Waals surface area contributed by atoms with E-state index in [1.165, 1.54) is 24.0 Å². The highest BCUT2D eigenvalue weighted by Gasteiger charge is 2.32. The van der Waals surface area contributed by atoms with E-state index in [-0.39, 0.29) is 18.4 Å². The molecule has 0 aromatic heterocycles. The first-order chi connectivity index (χ1) is 11.1. The third-order valence-corrected chi connectivity index (χ3v) is 7.03. The predicted octanol–water partition coefficient (Wildman–Crippen LogP) is 3.14. The van der Waals surface area contributed by atoms with Crippen LogP contribution in [0.25, 0.3) is 0 Å². The first kappa shape index (κ1) is 19.7. The fourth-order valence-electron chi connectivity index (χ4n) is 3.82.